The third kappa shape index (κ3) is 15.1. The number of carbonyl (C=O) groups excluding carboxylic acids is 2. The third-order valence-electron chi connectivity index (χ3n) is 1.74. The van der Waals surface area contributed by atoms with E-state index in [1.165, 1.54) is 6.47 Å². The van der Waals surface area contributed by atoms with Crippen LogP contribution >= 0.6 is 0 Å². The van der Waals surface area contributed by atoms with E-state index in [2.05, 4.69) is 41.5 Å². The van der Waals surface area contributed by atoms with E-state index in [1.54, 1.807) is 0 Å². The SMILES string of the molecule is CC(C)(C)C(O[C-]=O)C(C)(C)C.O=[C-][O-].[K+].[V]. The first-order valence-electron chi connectivity index (χ1n) is 4.63. The molecular formula is C11H19KO4V-2. The van der Waals surface area contributed by atoms with Crippen molar-refractivity contribution in [2.75, 3.05) is 0 Å². The van der Waals surface area contributed by atoms with Crippen LogP contribution in [0, 0.1) is 10.8 Å². The van der Waals surface area contributed by atoms with Crippen LogP contribution < -0.4 is 56.5 Å². The van der Waals surface area contributed by atoms with Crippen molar-refractivity contribution in [3.63, 3.8) is 0 Å². The number of rotatable bonds is 2. The van der Waals surface area contributed by atoms with Crippen LogP contribution in [-0.2, 0) is 32.9 Å². The Morgan fingerprint density at radius 3 is 1.29 bits per heavy atom. The van der Waals surface area contributed by atoms with E-state index < -0.39 is 0 Å². The van der Waals surface area contributed by atoms with Gasteiger partial charge in [-0.1, -0.05) is 48.0 Å². The van der Waals surface area contributed by atoms with E-state index in [-0.39, 0.29) is 93.3 Å². The van der Waals surface area contributed by atoms with Gasteiger partial charge in [0.1, 0.15) is 0 Å². The Kier molecular flexibility index (Phi) is 19.2. The van der Waals surface area contributed by atoms with Crippen LogP contribution in [0.3, 0.4) is 0 Å². The molecule has 0 aromatic rings. The number of hydrogen-bond acceptors (Lipinski definition) is 4. The summed E-state index contributed by atoms with van der Waals surface area (Å²) in [6.07, 6.45) is -0.0949. The van der Waals surface area contributed by atoms with Gasteiger partial charge in [-0.05, 0) is 10.8 Å². The van der Waals surface area contributed by atoms with E-state index in [0.29, 0.717) is 0 Å². The predicted octanol–water partition coefficient (Wildman–Crippen LogP) is -2.19. The molecule has 17 heavy (non-hydrogen) atoms. The molecular weight excluding hydrogens is 286 g/mol. The molecule has 0 aliphatic rings. The average molecular weight is 305 g/mol. The Hall–Kier alpha value is 1.16. The molecule has 0 amide bonds. The monoisotopic (exact) mass is 305 g/mol. The maximum atomic E-state index is 10.2. The Morgan fingerprint density at radius 1 is 1.00 bits per heavy atom. The number of hydrogen-bond donors (Lipinski definition) is 0. The fourth-order valence-corrected chi connectivity index (χ4v) is 1.70. The molecule has 4 nitrogen and oxygen atoms in total. The van der Waals surface area contributed by atoms with Gasteiger partial charge in [0.15, 0.2) is 0 Å². The van der Waals surface area contributed by atoms with Gasteiger partial charge in [-0.3, -0.25) is 0 Å². The minimum atomic E-state index is -0.0949. The second-order valence-electron chi connectivity index (χ2n) is 5.40. The molecule has 0 atom stereocenters. The fourth-order valence-electron chi connectivity index (χ4n) is 1.70. The van der Waals surface area contributed by atoms with Gasteiger partial charge < -0.3 is 25.9 Å². The molecule has 0 aliphatic heterocycles. The summed E-state index contributed by atoms with van der Waals surface area (Å²) in [5, 5.41) is 8.12. The second kappa shape index (κ2) is 12.2. The average Bonchev–Trinajstić information content (AvgIpc) is 1.97. The van der Waals surface area contributed by atoms with Gasteiger partial charge in [0, 0.05) is 18.6 Å². The first-order chi connectivity index (χ1) is 6.61. The van der Waals surface area contributed by atoms with Gasteiger partial charge in [0.2, 0.25) is 0 Å². The summed E-state index contributed by atoms with van der Waals surface area (Å²) in [6, 6.07) is 0. The van der Waals surface area contributed by atoms with Crippen LogP contribution in [0.4, 0.5) is 0 Å². The maximum Gasteiger partial charge on any atom is 1.00 e. The molecule has 0 aromatic heterocycles. The van der Waals surface area contributed by atoms with E-state index in [9.17, 15) is 4.79 Å². The Balaban J connectivity index is -0.000000152. The van der Waals surface area contributed by atoms with Gasteiger partial charge in [-0.2, -0.15) is 0 Å². The molecule has 0 bridgehead atoms. The van der Waals surface area contributed by atoms with Crippen molar-refractivity contribution in [2.45, 2.75) is 47.6 Å². The maximum absolute atomic E-state index is 10.2. The van der Waals surface area contributed by atoms with E-state index in [4.69, 9.17) is 14.6 Å². The molecule has 1 radical (unpaired) electrons. The zero-order valence-electron chi connectivity index (χ0n) is 11.7. The second-order valence-corrected chi connectivity index (χ2v) is 5.40. The first kappa shape index (κ1) is 26.7. The summed E-state index contributed by atoms with van der Waals surface area (Å²) in [4.78, 5) is 18.3. The zero-order valence-corrected chi connectivity index (χ0v) is 16.2. The summed E-state index contributed by atoms with van der Waals surface area (Å²) >= 11 is 0. The molecule has 0 rings (SSSR count). The summed E-state index contributed by atoms with van der Waals surface area (Å²) in [6.45, 7) is 14.1. The normalized spacial score (nSPS) is 10.1. The summed E-state index contributed by atoms with van der Waals surface area (Å²) < 4.78 is 4.97. The molecule has 0 saturated carbocycles. The molecule has 0 fully saturated rings. The van der Waals surface area contributed by atoms with Gasteiger partial charge in [0.25, 0.3) is 0 Å². The predicted molar refractivity (Wildman–Crippen MR) is 55.2 cm³/mol. The molecule has 0 heterocycles. The third-order valence-corrected chi connectivity index (χ3v) is 1.74. The van der Waals surface area contributed by atoms with E-state index >= 15 is 0 Å². The van der Waals surface area contributed by atoms with E-state index in [0.717, 1.165) is 0 Å². The zero-order chi connectivity index (χ0) is 12.7. The van der Waals surface area contributed by atoms with Gasteiger partial charge in [0.05, 0.1) is 6.10 Å². The van der Waals surface area contributed by atoms with Crippen LogP contribution in [0.5, 0.6) is 0 Å². The van der Waals surface area contributed by atoms with Crippen LogP contribution in [0.15, 0.2) is 0 Å². The molecule has 0 aliphatic carbocycles. The van der Waals surface area contributed by atoms with Crippen molar-refractivity contribution in [3.05, 3.63) is 0 Å². The van der Waals surface area contributed by atoms with Gasteiger partial charge in [-0.15, -0.1) is 0 Å². The van der Waals surface area contributed by atoms with Crippen molar-refractivity contribution in [1.82, 2.24) is 0 Å². The molecule has 6 heteroatoms. The molecule has 0 N–H and O–H groups in total. The Labute approximate surface area is 159 Å². The van der Waals surface area contributed by atoms with Crippen molar-refractivity contribution in [3.8, 4) is 0 Å². The van der Waals surface area contributed by atoms with Gasteiger partial charge >= 0.3 is 51.4 Å². The number of ether oxygens (including phenoxy) is 1. The first-order valence-corrected chi connectivity index (χ1v) is 4.63. The van der Waals surface area contributed by atoms with Crippen molar-refractivity contribution in [1.29, 1.82) is 0 Å². The van der Waals surface area contributed by atoms with E-state index in [1.807, 2.05) is 0 Å². The van der Waals surface area contributed by atoms with Crippen LogP contribution in [0.25, 0.3) is 0 Å². The molecule has 0 aromatic carbocycles. The molecule has 0 saturated heterocycles. The fraction of sp³-hybridized carbons (Fsp3) is 0.818. The minimum absolute atomic E-state index is 0. The molecule has 0 spiro atoms. The standard InChI is InChI=1S/C10H19O2.CO2.K.V/c1-9(2,3)8(12-7-11)10(4,5)6;2-1-3;;/h8H,1-6H3;;;/q-1;-2;+1;. The largest absolute Gasteiger partial charge is 1.00 e. The van der Waals surface area contributed by atoms with Crippen molar-refractivity contribution < 1.29 is 89.4 Å². The molecule has 95 valence electrons. The quantitative estimate of drug-likeness (QED) is 0.429. The Bertz CT molecular complexity index is 183. The summed E-state index contributed by atoms with van der Waals surface area (Å²) in [5.74, 6) is 0. The van der Waals surface area contributed by atoms with Crippen molar-refractivity contribution >= 4 is 12.9 Å². The Morgan fingerprint density at radius 2 is 1.24 bits per heavy atom. The summed E-state index contributed by atoms with van der Waals surface area (Å²) in [7, 11) is 0. The van der Waals surface area contributed by atoms with Crippen LogP contribution in [0.1, 0.15) is 41.5 Å². The summed E-state index contributed by atoms with van der Waals surface area (Å²) in [5.41, 5.74) is -0.0642. The van der Waals surface area contributed by atoms with Crippen molar-refractivity contribution in [2.24, 2.45) is 10.8 Å². The minimum Gasteiger partial charge on any atom is -0.794 e. The topological polar surface area (TPSA) is 66.4 Å². The van der Waals surface area contributed by atoms with Gasteiger partial charge in [-0.25, -0.2) is 0 Å². The van der Waals surface area contributed by atoms with Crippen LogP contribution in [-0.4, -0.2) is 19.0 Å². The van der Waals surface area contributed by atoms with Crippen LogP contribution in [0.2, 0.25) is 0 Å². The molecule has 0 unspecified atom stereocenters. The smallest absolute Gasteiger partial charge is 0.794 e.